The van der Waals surface area contributed by atoms with Gasteiger partial charge in [0.1, 0.15) is 11.5 Å². The molecule has 1 aromatic carbocycles. The van der Waals surface area contributed by atoms with Crippen LogP contribution in [0.15, 0.2) is 30.5 Å². The van der Waals surface area contributed by atoms with Crippen LogP contribution in [0.2, 0.25) is 5.28 Å². The number of halogens is 1. The minimum atomic E-state index is 0.249. The van der Waals surface area contributed by atoms with E-state index in [1.165, 1.54) is 11.3 Å². The number of anilines is 1. The van der Waals surface area contributed by atoms with Crippen LogP contribution < -0.4 is 15.2 Å². The van der Waals surface area contributed by atoms with E-state index in [-0.39, 0.29) is 5.28 Å². The summed E-state index contributed by atoms with van der Waals surface area (Å²) in [5.41, 5.74) is 8.56. The Labute approximate surface area is 154 Å². The molecule has 0 spiro atoms. The lowest BCUT2D eigenvalue weighted by Gasteiger charge is -2.08. The smallest absolute Gasteiger partial charge is 0.222 e. The standard InChI is InChI=1S/C17H17ClN4O2S/c1-23-12-7-10(8-13(9-12)24-2)15-14(25-17(19)22-15)4-3-11-5-6-20-16(18)21-11/h5-9H,3-4H2,1-2H3,(H2,19,22). The van der Waals surface area contributed by atoms with Gasteiger partial charge in [-0.05, 0) is 42.6 Å². The number of nitrogen functional groups attached to an aromatic ring is 1. The third kappa shape index (κ3) is 4.18. The molecular formula is C17H17ClN4O2S. The predicted molar refractivity (Wildman–Crippen MR) is 99.5 cm³/mol. The highest BCUT2D eigenvalue weighted by Crippen LogP contribution is 2.35. The number of benzene rings is 1. The minimum Gasteiger partial charge on any atom is -0.497 e. The van der Waals surface area contributed by atoms with Crippen LogP contribution in [0, 0.1) is 0 Å². The molecule has 0 aliphatic carbocycles. The van der Waals surface area contributed by atoms with Crippen molar-refractivity contribution < 1.29 is 9.47 Å². The van der Waals surface area contributed by atoms with E-state index >= 15 is 0 Å². The van der Waals surface area contributed by atoms with Gasteiger partial charge in [-0.2, -0.15) is 0 Å². The number of ether oxygens (including phenoxy) is 2. The fraction of sp³-hybridized carbons (Fsp3) is 0.235. The van der Waals surface area contributed by atoms with Crippen LogP contribution >= 0.6 is 22.9 Å². The molecule has 0 fully saturated rings. The summed E-state index contributed by atoms with van der Waals surface area (Å²) in [4.78, 5) is 13.7. The van der Waals surface area contributed by atoms with Crippen molar-refractivity contribution in [2.75, 3.05) is 20.0 Å². The molecule has 6 nitrogen and oxygen atoms in total. The van der Waals surface area contributed by atoms with Crippen molar-refractivity contribution in [1.29, 1.82) is 0 Å². The third-order valence-corrected chi connectivity index (χ3v) is 4.76. The van der Waals surface area contributed by atoms with Gasteiger partial charge in [0.2, 0.25) is 5.28 Å². The molecule has 0 aliphatic rings. The molecule has 0 radical (unpaired) electrons. The Morgan fingerprint density at radius 3 is 2.44 bits per heavy atom. The average Bonchev–Trinajstić information content (AvgIpc) is 3.00. The van der Waals surface area contributed by atoms with E-state index in [1.54, 1.807) is 20.4 Å². The number of nitrogens with two attached hydrogens (primary N) is 1. The number of aromatic nitrogens is 3. The zero-order chi connectivity index (χ0) is 17.8. The molecule has 0 amide bonds. The number of methoxy groups -OCH3 is 2. The van der Waals surface area contributed by atoms with Crippen molar-refractivity contribution >= 4 is 28.1 Å². The van der Waals surface area contributed by atoms with E-state index in [9.17, 15) is 0 Å². The Bertz CT molecular complexity index is 863. The van der Waals surface area contributed by atoms with E-state index in [0.29, 0.717) is 16.6 Å². The van der Waals surface area contributed by atoms with Gasteiger partial charge < -0.3 is 15.2 Å². The Morgan fingerprint density at radius 2 is 1.80 bits per heavy atom. The van der Waals surface area contributed by atoms with Crippen LogP contribution in [0.1, 0.15) is 10.6 Å². The highest BCUT2D eigenvalue weighted by molar-refractivity contribution is 7.15. The lowest BCUT2D eigenvalue weighted by Crippen LogP contribution is -1.96. The van der Waals surface area contributed by atoms with Crippen LogP contribution in [-0.2, 0) is 12.8 Å². The number of rotatable bonds is 6. The van der Waals surface area contributed by atoms with Crippen molar-refractivity contribution in [3.63, 3.8) is 0 Å². The van der Waals surface area contributed by atoms with Gasteiger partial charge >= 0.3 is 0 Å². The highest BCUT2D eigenvalue weighted by atomic mass is 35.5. The van der Waals surface area contributed by atoms with E-state index in [4.69, 9.17) is 26.8 Å². The average molecular weight is 377 g/mol. The van der Waals surface area contributed by atoms with Gasteiger partial charge in [0.15, 0.2) is 5.13 Å². The normalized spacial score (nSPS) is 10.7. The molecular weight excluding hydrogens is 360 g/mol. The topological polar surface area (TPSA) is 83.2 Å². The van der Waals surface area contributed by atoms with Crippen molar-refractivity contribution in [2.45, 2.75) is 12.8 Å². The summed E-state index contributed by atoms with van der Waals surface area (Å²) in [7, 11) is 3.24. The van der Waals surface area contributed by atoms with E-state index in [0.717, 1.165) is 34.7 Å². The lowest BCUT2D eigenvalue weighted by atomic mass is 10.1. The Hall–Kier alpha value is -2.38. The number of hydrogen-bond donors (Lipinski definition) is 1. The number of hydrogen-bond acceptors (Lipinski definition) is 7. The minimum absolute atomic E-state index is 0.249. The van der Waals surface area contributed by atoms with Crippen LogP contribution in [0.4, 0.5) is 5.13 Å². The Kier molecular flexibility index (Phi) is 5.35. The van der Waals surface area contributed by atoms with Gasteiger partial charge in [0, 0.05) is 28.4 Å². The van der Waals surface area contributed by atoms with Crippen LogP contribution in [0.3, 0.4) is 0 Å². The zero-order valence-corrected chi connectivity index (χ0v) is 15.4. The highest BCUT2D eigenvalue weighted by Gasteiger charge is 2.14. The fourth-order valence-electron chi connectivity index (χ4n) is 2.46. The summed E-state index contributed by atoms with van der Waals surface area (Å²) in [5, 5.41) is 0.770. The maximum Gasteiger partial charge on any atom is 0.222 e. The van der Waals surface area contributed by atoms with E-state index in [2.05, 4.69) is 15.0 Å². The first kappa shape index (κ1) is 17.4. The second kappa shape index (κ2) is 7.67. The molecule has 2 aromatic heterocycles. The van der Waals surface area contributed by atoms with Gasteiger partial charge in [0.25, 0.3) is 0 Å². The Balaban J connectivity index is 1.90. The van der Waals surface area contributed by atoms with Gasteiger partial charge in [-0.1, -0.05) is 0 Å². The van der Waals surface area contributed by atoms with Gasteiger partial charge in [-0.15, -0.1) is 11.3 Å². The van der Waals surface area contributed by atoms with E-state index < -0.39 is 0 Å². The van der Waals surface area contributed by atoms with Crippen molar-refractivity contribution in [1.82, 2.24) is 15.0 Å². The Morgan fingerprint density at radius 1 is 1.08 bits per heavy atom. The lowest BCUT2D eigenvalue weighted by molar-refractivity contribution is 0.394. The maximum atomic E-state index is 5.95. The second-order valence-electron chi connectivity index (χ2n) is 5.24. The maximum absolute atomic E-state index is 5.95. The molecule has 3 rings (SSSR count). The SMILES string of the molecule is COc1cc(OC)cc(-c2nc(N)sc2CCc2ccnc(Cl)n2)c1. The molecule has 0 saturated heterocycles. The summed E-state index contributed by atoms with van der Waals surface area (Å²) >= 11 is 7.31. The van der Waals surface area contributed by atoms with Crippen LogP contribution in [0.25, 0.3) is 11.3 Å². The summed E-state index contributed by atoms with van der Waals surface area (Å²) in [6.07, 6.45) is 3.12. The summed E-state index contributed by atoms with van der Waals surface area (Å²) in [5.74, 6) is 1.41. The van der Waals surface area contributed by atoms with Gasteiger partial charge in [-0.3, -0.25) is 0 Å². The van der Waals surface area contributed by atoms with Gasteiger partial charge in [-0.25, -0.2) is 15.0 Å². The molecule has 0 unspecified atom stereocenters. The zero-order valence-electron chi connectivity index (χ0n) is 13.8. The van der Waals surface area contributed by atoms with Crippen molar-refractivity contribution in [3.8, 4) is 22.8 Å². The molecule has 25 heavy (non-hydrogen) atoms. The quantitative estimate of drug-likeness (QED) is 0.661. The second-order valence-corrected chi connectivity index (χ2v) is 6.70. The number of nitrogens with zero attached hydrogens (tertiary/aromatic N) is 3. The fourth-order valence-corrected chi connectivity index (χ4v) is 3.48. The first-order chi connectivity index (χ1) is 12.1. The molecule has 8 heteroatoms. The predicted octanol–water partition coefficient (Wildman–Crippen LogP) is 3.64. The van der Waals surface area contributed by atoms with Crippen molar-refractivity contribution in [2.24, 2.45) is 0 Å². The third-order valence-electron chi connectivity index (χ3n) is 3.63. The van der Waals surface area contributed by atoms with Crippen LogP contribution in [0.5, 0.6) is 11.5 Å². The first-order valence-electron chi connectivity index (χ1n) is 7.55. The molecule has 0 saturated carbocycles. The molecule has 0 aliphatic heterocycles. The molecule has 3 aromatic rings. The summed E-state index contributed by atoms with van der Waals surface area (Å²) < 4.78 is 10.7. The number of aryl methyl sites for hydroxylation is 2. The molecule has 0 atom stereocenters. The summed E-state index contributed by atoms with van der Waals surface area (Å²) in [6, 6.07) is 7.51. The largest absolute Gasteiger partial charge is 0.497 e. The van der Waals surface area contributed by atoms with Gasteiger partial charge in [0.05, 0.1) is 19.9 Å². The van der Waals surface area contributed by atoms with E-state index in [1.807, 2.05) is 24.3 Å². The first-order valence-corrected chi connectivity index (χ1v) is 8.74. The molecule has 2 heterocycles. The molecule has 130 valence electrons. The number of thiazole rings is 1. The summed E-state index contributed by atoms with van der Waals surface area (Å²) in [6.45, 7) is 0. The monoisotopic (exact) mass is 376 g/mol. The van der Waals surface area contributed by atoms with Crippen molar-refractivity contribution in [3.05, 3.63) is 46.3 Å². The molecule has 2 N–H and O–H groups in total. The molecule has 0 bridgehead atoms. The van der Waals surface area contributed by atoms with Crippen LogP contribution in [-0.4, -0.2) is 29.2 Å².